The van der Waals surface area contributed by atoms with E-state index < -0.39 is 47.0 Å². The van der Waals surface area contributed by atoms with Gasteiger partial charge in [0.2, 0.25) is 0 Å². The highest BCUT2D eigenvalue weighted by atomic mass is 32.2. The number of oxime groups is 1. The Morgan fingerprint density at radius 3 is 2.34 bits per heavy atom. The number of amides is 3. The summed E-state index contributed by atoms with van der Waals surface area (Å²) in [5.74, 6) is -1.54. The lowest BCUT2D eigenvalue weighted by molar-refractivity contribution is -0.154. The fourth-order valence-corrected chi connectivity index (χ4v) is 8.33. The van der Waals surface area contributed by atoms with Crippen LogP contribution in [0.4, 0.5) is 15.7 Å². The van der Waals surface area contributed by atoms with E-state index in [1.165, 1.54) is 35.3 Å². The van der Waals surface area contributed by atoms with Crippen LogP contribution in [-0.4, -0.2) is 79.3 Å². The monoisotopic (exact) mass is 774 g/mol. The third kappa shape index (κ3) is 8.78. The number of hydrogen-bond acceptors (Lipinski definition) is 15. The van der Waals surface area contributed by atoms with Gasteiger partial charge in [-0.2, -0.15) is 0 Å². The van der Waals surface area contributed by atoms with Gasteiger partial charge in [0.1, 0.15) is 41.3 Å². The summed E-state index contributed by atoms with van der Waals surface area (Å²) in [5, 5.41) is 10.4. The Hall–Kier alpha value is -5.46. The van der Waals surface area contributed by atoms with Crippen LogP contribution in [0, 0.1) is 0 Å². The van der Waals surface area contributed by atoms with E-state index in [0.29, 0.717) is 4.91 Å². The third-order valence-corrected chi connectivity index (χ3v) is 10.6. The SMILES string of the molecule is CO/N=C(\C(=O)NC1C(=O)N2C(C(=O)OC(c3ccccc3)c3ccccc3)=C(Sc3nccc(N)n3)CS[C@H]12)c1csc(NC(=O)OC(C)(C)C)n1. The molecule has 4 N–H and O–H groups in total. The normalized spacial score (nSPS) is 17.1. The van der Waals surface area contributed by atoms with E-state index >= 15 is 0 Å². The number of nitrogens with two attached hydrogens (primary N) is 1. The molecular weight excluding hydrogens is 741 g/mol. The van der Waals surface area contributed by atoms with Crippen molar-refractivity contribution in [1.82, 2.24) is 25.2 Å². The molecule has 4 aromatic rings. The number of nitrogens with one attached hydrogen (secondary N) is 2. The summed E-state index contributed by atoms with van der Waals surface area (Å²) < 4.78 is 11.5. The highest BCUT2D eigenvalue weighted by Crippen LogP contribution is 2.45. The second-order valence-corrected chi connectivity index (χ2v) is 15.4. The van der Waals surface area contributed by atoms with Crippen LogP contribution in [0.15, 0.2) is 99.2 Å². The Labute approximate surface area is 316 Å². The smallest absolute Gasteiger partial charge is 0.413 e. The van der Waals surface area contributed by atoms with Gasteiger partial charge in [-0.1, -0.05) is 77.6 Å². The first kappa shape index (κ1) is 37.3. The number of carbonyl (C=O) groups is 4. The zero-order valence-corrected chi connectivity index (χ0v) is 31.3. The number of rotatable bonds is 11. The molecule has 1 unspecified atom stereocenters. The number of fused-ring (bicyclic) bond motifs is 1. The predicted octanol–water partition coefficient (Wildman–Crippen LogP) is 4.95. The highest BCUT2D eigenvalue weighted by molar-refractivity contribution is 8.06. The number of aromatic nitrogens is 3. The molecule has 1 fully saturated rings. The van der Waals surface area contributed by atoms with Crippen molar-refractivity contribution in [3.63, 3.8) is 0 Å². The number of hydrogen-bond donors (Lipinski definition) is 3. The molecule has 0 radical (unpaired) electrons. The molecule has 1 saturated heterocycles. The van der Waals surface area contributed by atoms with Gasteiger partial charge in [0.15, 0.2) is 22.1 Å². The molecular formula is C35H34N8O7S3. The molecule has 0 spiro atoms. The molecule has 0 aliphatic carbocycles. The first-order valence-electron chi connectivity index (χ1n) is 16.0. The number of benzene rings is 2. The first-order chi connectivity index (χ1) is 25.4. The van der Waals surface area contributed by atoms with Crippen LogP contribution in [0.5, 0.6) is 0 Å². The molecule has 0 saturated carbocycles. The topological polar surface area (TPSA) is 200 Å². The molecule has 53 heavy (non-hydrogen) atoms. The number of nitrogens with zero attached hydrogens (tertiary/aromatic N) is 5. The summed E-state index contributed by atoms with van der Waals surface area (Å²) >= 11 is 3.48. The Morgan fingerprint density at radius 2 is 1.72 bits per heavy atom. The molecule has 4 heterocycles. The predicted molar refractivity (Wildman–Crippen MR) is 201 cm³/mol. The van der Waals surface area contributed by atoms with Crippen molar-refractivity contribution in [1.29, 1.82) is 0 Å². The summed E-state index contributed by atoms with van der Waals surface area (Å²) in [6.45, 7) is 5.17. The third-order valence-electron chi connectivity index (χ3n) is 7.46. The Bertz CT molecular complexity index is 2030. The van der Waals surface area contributed by atoms with E-state index in [9.17, 15) is 19.2 Å². The lowest BCUT2D eigenvalue weighted by atomic mass is 10.0. The maximum Gasteiger partial charge on any atom is 0.413 e. The number of carbonyl (C=O) groups excluding carboxylic acids is 4. The van der Waals surface area contributed by atoms with Crippen LogP contribution >= 0.6 is 34.9 Å². The molecule has 274 valence electrons. The van der Waals surface area contributed by atoms with Crippen molar-refractivity contribution in [2.45, 2.75) is 49.0 Å². The van der Waals surface area contributed by atoms with Gasteiger partial charge in [0, 0.05) is 22.2 Å². The van der Waals surface area contributed by atoms with Gasteiger partial charge in [0.05, 0.1) is 0 Å². The number of nitrogen functional groups attached to an aromatic ring is 1. The van der Waals surface area contributed by atoms with Crippen LogP contribution in [0.2, 0.25) is 0 Å². The Kier molecular flexibility index (Phi) is 11.3. The van der Waals surface area contributed by atoms with Crippen LogP contribution < -0.4 is 16.4 Å². The van der Waals surface area contributed by atoms with Crippen LogP contribution in [0.3, 0.4) is 0 Å². The Morgan fingerprint density at radius 1 is 1.04 bits per heavy atom. The van der Waals surface area contributed by atoms with Gasteiger partial charge in [-0.05, 0) is 38.0 Å². The molecule has 2 aliphatic rings. The van der Waals surface area contributed by atoms with E-state index in [1.807, 2.05) is 60.7 Å². The van der Waals surface area contributed by atoms with Gasteiger partial charge in [-0.25, -0.2) is 24.5 Å². The van der Waals surface area contributed by atoms with Crippen molar-refractivity contribution in [3.8, 4) is 0 Å². The van der Waals surface area contributed by atoms with Crippen molar-refractivity contribution < 1.29 is 33.5 Å². The maximum atomic E-state index is 14.3. The molecule has 2 aliphatic heterocycles. The molecule has 2 aromatic heterocycles. The fraction of sp³-hybridized carbons (Fsp3) is 0.257. The highest BCUT2D eigenvalue weighted by Gasteiger charge is 2.55. The zero-order chi connectivity index (χ0) is 37.7. The van der Waals surface area contributed by atoms with Gasteiger partial charge < -0.3 is 25.4 Å². The number of anilines is 2. The largest absolute Gasteiger partial charge is 0.448 e. The van der Waals surface area contributed by atoms with Crippen molar-refractivity contribution >= 4 is 75.4 Å². The number of β-lactam (4-membered cyclic amide) rings is 1. The van der Waals surface area contributed by atoms with Crippen LogP contribution in [0.1, 0.15) is 43.7 Å². The minimum absolute atomic E-state index is 0.0141. The first-order valence-corrected chi connectivity index (χ1v) is 18.8. The van der Waals surface area contributed by atoms with Crippen molar-refractivity contribution in [2.75, 3.05) is 23.9 Å². The van der Waals surface area contributed by atoms with Gasteiger partial charge in [0.25, 0.3) is 11.8 Å². The van der Waals surface area contributed by atoms with Gasteiger partial charge >= 0.3 is 12.1 Å². The lowest BCUT2D eigenvalue weighted by Crippen LogP contribution is -2.71. The molecule has 3 amide bonds. The number of esters is 1. The van der Waals surface area contributed by atoms with Gasteiger partial charge in [-0.15, -0.1) is 23.1 Å². The van der Waals surface area contributed by atoms with E-state index in [1.54, 1.807) is 26.8 Å². The minimum Gasteiger partial charge on any atom is -0.448 e. The van der Waals surface area contributed by atoms with E-state index in [0.717, 1.165) is 34.2 Å². The average molecular weight is 775 g/mol. The summed E-state index contributed by atoms with van der Waals surface area (Å²) in [5.41, 5.74) is 6.53. The standard InChI is InChI=1S/C35H34N8O7S3/c1-35(2,3)50-34(47)41-33-38-21(17-52-33)24(42-48-4)28(44)40-25-29(45)43-26(22(18-51-30(25)43)53-32-37-16-15-23(36)39-32)31(46)49-27(19-11-7-5-8-12-19)20-13-9-6-10-14-20/h5-17,25,27,30H,18H2,1-4H3,(H,40,44)(H2,36,37,39)(H,38,41,47)/b42-24-/t25?,30-/m1/s1. The Balaban J connectivity index is 1.25. The molecule has 0 bridgehead atoms. The summed E-state index contributed by atoms with van der Waals surface area (Å²) in [4.78, 5) is 73.6. The summed E-state index contributed by atoms with van der Waals surface area (Å²) in [6.07, 6.45) is -0.00208. The summed E-state index contributed by atoms with van der Waals surface area (Å²) in [6, 6.07) is 19.0. The van der Waals surface area contributed by atoms with E-state index in [4.69, 9.17) is 20.0 Å². The van der Waals surface area contributed by atoms with Crippen molar-refractivity contribution in [3.05, 3.63) is 106 Å². The maximum absolute atomic E-state index is 14.3. The average Bonchev–Trinajstić information content (AvgIpc) is 3.59. The molecule has 2 aromatic carbocycles. The number of thiazole rings is 1. The minimum atomic E-state index is -1.04. The molecule has 18 heteroatoms. The van der Waals surface area contributed by atoms with Crippen molar-refractivity contribution in [2.24, 2.45) is 5.16 Å². The molecule has 15 nitrogen and oxygen atoms in total. The molecule has 6 rings (SSSR count). The zero-order valence-electron chi connectivity index (χ0n) is 28.8. The van der Waals surface area contributed by atoms with Gasteiger partial charge in [-0.3, -0.25) is 19.8 Å². The number of thioether (sulfide) groups is 2. The molecule has 2 atom stereocenters. The van der Waals surface area contributed by atoms with Crippen LogP contribution in [-0.2, 0) is 28.7 Å². The second-order valence-electron chi connectivity index (χ2n) is 12.4. The van der Waals surface area contributed by atoms with E-state index in [2.05, 4.69) is 30.7 Å². The van der Waals surface area contributed by atoms with Crippen LogP contribution in [0.25, 0.3) is 0 Å². The summed E-state index contributed by atoms with van der Waals surface area (Å²) in [7, 11) is 1.26. The fourth-order valence-electron chi connectivity index (χ4n) is 5.26. The number of ether oxygens (including phenoxy) is 2. The quantitative estimate of drug-likeness (QED) is 0.0609. The second kappa shape index (κ2) is 16.1. The van der Waals surface area contributed by atoms with E-state index in [-0.39, 0.29) is 39.0 Å². The lowest BCUT2D eigenvalue weighted by Gasteiger charge is -2.49.